The van der Waals surface area contributed by atoms with Crippen LogP contribution in [0.15, 0.2) is 33.6 Å². The number of hydrogen-bond donors (Lipinski definition) is 2. The van der Waals surface area contributed by atoms with E-state index in [9.17, 15) is 9.59 Å². The minimum atomic E-state index is -0.592. The number of primary amides is 1. The molecular weight excluding hydrogens is 318 g/mol. The Hall–Kier alpha value is -1.73. The molecule has 92 valence electrons. The molecule has 0 aliphatic carbocycles. The third kappa shape index (κ3) is 2.74. The van der Waals surface area contributed by atoms with Crippen LogP contribution in [0.2, 0.25) is 0 Å². The van der Waals surface area contributed by atoms with E-state index in [2.05, 4.69) is 26.2 Å². The van der Waals surface area contributed by atoms with Crippen LogP contribution in [0.25, 0.3) is 0 Å². The number of benzene rings is 1. The summed E-state index contributed by atoms with van der Waals surface area (Å²) in [6, 6.07) is 6.54. The zero-order chi connectivity index (χ0) is 13.1. The van der Waals surface area contributed by atoms with Gasteiger partial charge in [0.1, 0.15) is 5.69 Å². The lowest BCUT2D eigenvalue weighted by molar-refractivity contribution is 0.100. The smallest absolute Gasteiger partial charge is 0.275 e. The Labute approximate surface area is 115 Å². The zero-order valence-corrected chi connectivity index (χ0v) is 11.4. The highest BCUT2D eigenvalue weighted by atomic mass is 79.9. The van der Waals surface area contributed by atoms with Crippen molar-refractivity contribution in [2.24, 2.45) is 5.73 Å². The van der Waals surface area contributed by atoms with E-state index in [4.69, 9.17) is 5.73 Å². The molecule has 18 heavy (non-hydrogen) atoms. The molecule has 0 saturated carbocycles. The molecule has 1 heterocycles. The van der Waals surface area contributed by atoms with Crippen LogP contribution in [0.4, 0.5) is 5.69 Å². The summed E-state index contributed by atoms with van der Waals surface area (Å²) in [5, 5.41) is 4.22. The van der Waals surface area contributed by atoms with E-state index in [0.717, 1.165) is 0 Å². The minimum absolute atomic E-state index is 0.264. The van der Waals surface area contributed by atoms with Gasteiger partial charge in [0, 0.05) is 5.38 Å². The maximum Gasteiger partial charge on any atom is 0.275 e. The number of nitrogens with one attached hydrogen (secondary N) is 1. The lowest BCUT2D eigenvalue weighted by Crippen LogP contribution is -2.18. The van der Waals surface area contributed by atoms with Gasteiger partial charge in [-0.3, -0.25) is 9.59 Å². The molecule has 0 saturated heterocycles. The SMILES string of the molecule is NC(=O)c1ccccc1NC(=O)c1csc(Br)n1. The number of halogens is 1. The van der Waals surface area contributed by atoms with Gasteiger partial charge in [-0.25, -0.2) is 4.98 Å². The fourth-order valence-corrected chi connectivity index (χ4v) is 2.34. The summed E-state index contributed by atoms with van der Waals surface area (Å²) in [5.41, 5.74) is 6.14. The van der Waals surface area contributed by atoms with Crippen LogP contribution in [-0.4, -0.2) is 16.8 Å². The van der Waals surface area contributed by atoms with Crippen molar-refractivity contribution in [2.45, 2.75) is 0 Å². The highest BCUT2D eigenvalue weighted by Crippen LogP contribution is 2.19. The average molecular weight is 326 g/mol. The summed E-state index contributed by atoms with van der Waals surface area (Å²) in [5.74, 6) is -0.976. The van der Waals surface area contributed by atoms with Gasteiger partial charge in [0.25, 0.3) is 11.8 Å². The fourth-order valence-electron chi connectivity index (χ4n) is 1.35. The quantitative estimate of drug-likeness (QED) is 0.907. The first kappa shape index (κ1) is 12.7. The Bertz CT molecular complexity index is 612. The molecule has 7 heteroatoms. The van der Waals surface area contributed by atoms with Crippen LogP contribution in [0.3, 0.4) is 0 Å². The number of rotatable bonds is 3. The Balaban J connectivity index is 2.24. The van der Waals surface area contributed by atoms with Crippen LogP contribution >= 0.6 is 27.3 Å². The number of thiazole rings is 1. The molecule has 0 bridgehead atoms. The second-order valence-electron chi connectivity index (χ2n) is 3.35. The molecule has 2 rings (SSSR count). The van der Waals surface area contributed by atoms with Gasteiger partial charge in [0.15, 0.2) is 3.92 Å². The van der Waals surface area contributed by atoms with Crippen LogP contribution in [0.5, 0.6) is 0 Å². The van der Waals surface area contributed by atoms with Crippen molar-refractivity contribution in [2.75, 3.05) is 5.32 Å². The third-order valence-electron chi connectivity index (χ3n) is 2.15. The maximum atomic E-state index is 11.9. The largest absolute Gasteiger partial charge is 0.366 e. The summed E-state index contributed by atoms with van der Waals surface area (Å²) in [7, 11) is 0. The average Bonchev–Trinajstić information content (AvgIpc) is 2.76. The lowest BCUT2D eigenvalue weighted by Gasteiger charge is -2.07. The molecule has 0 spiro atoms. The molecule has 3 N–H and O–H groups in total. The van der Waals surface area contributed by atoms with E-state index in [1.165, 1.54) is 11.3 Å². The Kier molecular flexibility index (Phi) is 3.73. The van der Waals surface area contributed by atoms with Crippen molar-refractivity contribution in [3.8, 4) is 0 Å². The Morgan fingerprint density at radius 3 is 2.67 bits per heavy atom. The summed E-state index contributed by atoms with van der Waals surface area (Å²) in [4.78, 5) is 27.0. The lowest BCUT2D eigenvalue weighted by atomic mass is 10.1. The molecule has 0 aliphatic heterocycles. The third-order valence-corrected chi connectivity index (χ3v) is 3.51. The minimum Gasteiger partial charge on any atom is -0.366 e. The fraction of sp³-hybridized carbons (Fsp3) is 0. The van der Waals surface area contributed by atoms with Crippen molar-refractivity contribution in [1.29, 1.82) is 0 Å². The van der Waals surface area contributed by atoms with Crippen molar-refractivity contribution in [3.63, 3.8) is 0 Å². The summed E-state index contributed by atoms with van der Waals surface area (Å²) >= 11 is 4.48. The number of para-hydroxylation sites is 1. The highest BCUT2D eigenvalue weighted by Gasteiger charge is 2.13. The predicted molar refractivity (Wildman–Crippen MR) is 72.7 cm³/mol. The molecule has 0 radical (unpaired) electrons. The van der Waals surface area contributed by atoms with Gasteiger partial charge < -0.3 is 11.1 Å². The first-order valence-corrected chi connectivity index (χ1v) is 6.56. The van der Waals surface area contributed by atoms with Crippen LogP contribution in [0, 0.1) is 0 Å². The van der Waals surface area contributed by atoms with Gasteiger partial charge in [0.2, 0.25) is 0 Å². The van der Waals surface area contributed by atoms with E-state index in [0.29, 0.717) is 9.60 Å². The summed E-state index contributed by atoms with van der Waals surface area (Å²) < 4.78 is 0.621. The molecule has 1 aromatic heterocycles. The molecular formula is C11H8BrN3O2S. The molecule has 0 fully saturated rings. The number of nitrogens with two attached hydrogens (primary N) is 1. The first-order valence-electron chi connectivity index (χ1n) is 4.89. The zero-order valence-electron chi connectivity index (χ0n) is 9.01. The van der Waals surface area contributed by atoms with Gasteiger partial charge in [-0.2, -0.15) is 0 Å². The number of carbonyl (C=O) groups is 2. The van der Waals surface area contributed by atoms with Crippen molar-refractivity contribution in [1.82, 2.24) is 4.98 Å². The number of carbonyl (C=O) groups excluding carboxylic acids is 2. The van der Waals surface area contributed by atoms with Crippen LogP contribution in [0.1, 0.15) is 20.8 Å². The van der Waals surface area contributed by atoms with Crippen LogP contribution < -0.4 is 11.1 Å². The molecule has 1 aromatic carbocycles. The highest BCUT2D eigenvalue weighted by molar-refractivity contribution is 9.11. The molecule has 2 amide bonds. The number of nitrogens with zero attached hydrogens (tertiary/aromatic N) is 1. The van der Waals surface area contributed by atoms with E-state index in [-0.39, 0.29) is 17.2 Å². The number of aromatic nitrogens is 1. The molecule has 0 atom stereocenters. The summed E-state index contributed by atoms with van der Waals surface area (Å²) in [6.07, 6.45) is 0. The molecule has 2 aromatic rings. The molecule has 5 nitrogen and oxygen atoms in total. The predicted octanol–water partition coefficient (Wildman–Crippen LogP) is 2.26. The maximum absolute atomic E-state index is 11.9. The summed E-state index contributed by atoms with van der Waals surface area (Å²) in [6.45, 7) is 0. The van der Waals surface area contributed by atoms with Crippen molar-refractivity contribution < 1.29 is 9.59 Å². The normalized spacial score (nSPS) is 10.1. The second kappa shape index (κ2) is 5.28. The molecule has 0 aliphatic rings. The second-order valence-corrected chi connectivity index (χ2v) is 5.48. The Morgan fingerprint density at radius 2 is 2.06 bits per heavy atom. The van der Waals surface area contributed by atoms with Gasteiger partial charge >= 0.3 is 0 Å². The standard InChI is InChI=1S/C11H8BrN3O2S/c12-11-15-8(5-18-11)10(17)14-7-4-2-1-3-6(7)9(13)16/h1-5H,(H2,13,16)(H,14,17). The van der Waals surface area contributed by atoms with Crippen molar-refractivity contribution >= 4 is 44.8 Å². The van der Waals surface area contributed by atoms with Gasteiger partial charge in [-0.05, 0) is 28.1 Å². The van der Waals surface area contributed by atoms with E-state index < -0.39 is 5.91 Å². The van der Waals surface area contributed by atoms with Crippen LogP contribution in [-0.2, 0) is 0 Å². The topological polar surface area (TPSA) is 85.1 Å². The van der Waals surface area contributed by atoms with Crippen molar-refractivity contribution in [3.05, 3.63) is 44.8 Å². The number of hydrogen-bond acceptors (Lipinski definition) is 4. The first-order chi connectivity index (χ1) is 8.58. The van der Waals surface area contributed by atoms with Gasteiger partial charge in [-0.1, -0.05) is 12.1 Å². The number of anilines is 1. The monoisotopic (exact) mass is 325 g/mol. The Morgan fingerprint density at radius 1 is 1.33 bits per heavy atom. The van der Waals surface area contributed by atoms with E-state index in [1.54, 1.807) is 29.6 Å². The van der Waals surface area contributed by atoms with E-state index in [1.807, 2.05) is 0 Å². The van der Waals surface area contributed by atoms with Gasteiger partial charge in [-0.15, -0.1) is 11.3 Å². The van der Waals surface area contributed by atoms with E-state index >= 15 is 0 Å². The van der Waals surface area contributed by atoms with Gasteiger partial charge in [0.05, 0.1) is 11.3 Å². The molecule has 0 unspecified atom stereocenters. The number of amides is 2.